The van der Waals surface area contributed by atoms with Gasteiger partial charge in [-0.25, -0.2) is 13.8 Å². The summed E-state index contributed by atoms with van der Waals surface area (Å²) in [6, 6.07) is 1.65. The maximum atomic E-state index is 13.6. The summed E-state index contributed by atoms with van der Waals surface area (Å²) >= 11 is 1.37. The zero-order valence-corrected chi connectivity index (χ0v) is 10.6. The third kappa shape index (κ3) is 2.84. The number of nitro groups is 1. The number of aryl methyl sites for hydroxylation is 1. The molecule has 0 amide bonds. The smallest absolute Gasteiger partial charge is 0.295 e. The van der Waals surface area contributed by atoms with Crippen LogP contribution in [-0.4, -0.2) is 9.91 Å². The molecular weight excluding hydrogens is 276 g/mol. The number of nitrogens with one attached hydrogen (secondary N) is 1. The number of halogens is 2. The number of hydrogen-bond donors (Lipinski definition) is 1. The first kappa shape index (κ1) is 13.3. The fourth-order valence-corrected chi connectivity index (χ4v) is 2.23. The lowest BCUT2D eigenvalue weighted by Gasteiger charge is -2.07. The van der Waals surface area contributed by atoms with Gasteiger partial charge in [-0.3, -0.25) is 10.1 Å². The van der Waals surface area contributed by atoms with Crippen LogP contribution in [0.5, 0.6) is 0 Å². The van der Waals surface area contributed by atoms with E-state index in [0.29, 0.717) is 5.01 Å². The summed E-state index contributed by atoms with van der Waals surface area (Å²) in [7, 11) is 0. The lowest BCUT2D eigenvalue weighted by Crippen LogP contribution is -2.06. The van der Waals surface area contributed by atoms with E-state index in [1.54, 1.807) is 6.20 Å². The third-order valence-electron chi connectivity index (χ3n) is 2.36. The third-order valence-corrected chi connectivity index (χ3v) is 3.27. The van der Waals surface area contributed by atoms with Crippen molar-refractivity contribution in [3.05, 3.63) is 50.0 Å². The molecule has 0 atom stereocenters. The molecule has 8 heteroatoms. The summed E-state index contributed by atoms with van der Waals surface area (Å²) in [5.41, 5.74) is -0.968. The van der Waals surface area contributed by atoms with Gasteiger partial charge in [0.1, 0.15) is 5.01 Å². The highest BCUT2D eigenvalue weighted by Crippen LogP contribution is 2.29. The predicted molar refractivity (Wildman–Crippen MR) is 67.2 cm³/mol. The lowest BCUT2D eigenvalue weighted by molar-refractivity contribution is -0.384. The zero-order valence-electron chi connectivity index (χ0n) is 9.81. The molecule has 0 aliphatic heterocycles. The maximum Gasteiger partial charge on any atom is 0.295 e. The van der Waals surface area contributed by atoms with Crippen molar-refractivity contribution in [2.75, 3.05) is 5.32 Å². The fraction of sp³-hybridized carbons (Fsp3) is 0.182. The molecule has 5 nitrogen and oxygen atoms in total. The van der Waals surface area contributed by atoms with Gasteiger partial charge in [0, 0.05) is 17.1 Å². The van der Waals surface area contributed by atoms with Crippen LogP contribution in [0.2, 0.25) is 0 Å². The first-order valence-corrected chi connectivity index (χ1v) is 6.08. The zero-order chi connectivity index (χ0) is 14.0. The minimum Gasteiger partial charge on any atom is -0.370 e. The van der Waals surface area contributed by atoms with Crippen molar-refractivity contribution in [2.24, 2.45) is 0 Å². The van der Waals surface area contributed by atoms with Crippen LogP contribution < -0.4 is 5.32 Å². The van der Waals surface area contributed by atoms with E-state index in [2.05, 4.69) is 10.3 Å². The van der Waals surface area contributed by atoms with E-state index in [4.69, 9.17) is 0 Å². The van der Waals surface area contributed by atoms with Crippen LogP contribution in [0.1, 0.15) is 9.88 Å². The summed E-state index contributed by atoms with van der Waals surface area (Å²) in [5.74, 6) is -2.40. The van der Waals surface area contributed by atoms with Crippen LogP contribution >= 0.6 is 11.3 Å². The molecule has 0 fully saturated rings. The Bertz CT molecular complexity index is 630. The number of rotatable bonds is 4. The van der Waals surface area contributed by atoms with E-state index in [-0.39, 0.29) is 6.54 Å². The van der Waals surface area contributed by atoms with Gasteiger partial charge < -0.3 is 5.32 Å². The van der Waals surface area contributed by atoms with Crippen LogP contribution in [0.3, 0.4) is 0 Å². The van der Waals surface area contributed by atoms with Crippen LogP contribution in [0.15, 0.2) is 18.3 Å². The van der Waals surface area contributed by atoms with Gasteiger partial charge in [-0.05, 0) is 13.0 Å². The van der Waals surface area contributed by atoms with Gasteiger partial charge in [-0.1, -0.05) is 0 Å². The first-order chi connectivity index (χ1) is 8.99. The average Bonchev–Trinajstić information content (AvgIpc) is 2.76. The van der Waals surface area contributed by atoms with Crippen molar-refractivity contribution in [3.8, 4) is 0 Å². The van der Waals surface area contributed by atoms with E-state index >= 15 is 0 Å². The molecule has 2 aromatic rings. The van der Waals surface area contributed by atoms with Crippen molar-refractivity contribution in [3.63, 3.8) is 0 Å². The standard InChI is InChI=1S/C11H9F2N3O2S/c1-6-4-14-9(19-6)5-15-11-8(16(17)18)3-2-7(12)10(11)13/h2-4,15H,5H2,1H3. The molecule has 1 aromatic heterocycles. The van der Waals surface area contributed by atoms with Crippen LogP contribution in [0.4, 0.5) is 20.2 Å². The van der Waals surface area contributed by atoms with Gasteiger partial charge in [0.05, 0.1) is 11.5 Å². The summed E-state index contributed by atoms with van der Waals surface area (Å²) in [6.07, 6.45) is 1.64. The Morgan fingerprint density at radius 2 is 2.21 bits per heavy atom. The van der Waals surface area contributed by atoms with Crippen LogP contribution in [0, 0.1) is 28.7 Å². The number of benzene rings is 1. The summed E-state index contributed by atoms with van der Waals surface area (Å²) in [5, 5.41) is 13.9. The van der Waals surface area contributed by atoms with E-state index in [1.807, 2.05) is 6.92 Å². The van der Waals surface area contributed by atoms with Crippen LogP contribution in [0.25, 0.3) is 0 Å². The Kier molecular flexibility index (Phi) is 3.70. The second-order valence-electron chi connectivity index (χ2n) is 3.73. The molecule has 1 N–H and O–H groups in total. The molecule has 100 valence electrons. The topological polar surface area (TPSA) is 68.1 Å². The minimum atomic E-state index is -1.26. The van der Waals surface area contributed by atoms with Gasteiger partial charge in [0.25, 0.3) is 5.69 Å². The summed E-state index contributed by atoms with van der Waals surface area (Å²) in [4.78, 5) is 15.0. The summed E-state index contributed by atoms with van der Waals surface area (Å²) in [6.45, 7) is 1.95. The maximum absolute atomic E-state index is 13.6. The molecular formula is C11H9F2N3O2S. The molecule has 0 aliphatic rings. The Balaban J connectivity index is 2.28. The first-order valence-electron chi connectivity index (χ1n) is 5.26. The van der Waals surface area contributed by atoms with E-state index in [0.717, 1.165) is 17.0 Å². The number of thiazole rings is 1. The molecule has 0 saturated carbocycles. The average molecular weight is 285 g/mol. The molecule has 0 bridgehead atoms. The molecule has 0 saturated heterocycles. The quantitative estimate of drug-likeness (QED) is 0.691. The van der Waals surface area contributed by atoms with Crippen molar-refractivity contribution < 1.29 is 13.7 Å². The number of aromatic nitrogens is 1. The highest BCUT2D eigenvalue weighted by molar-refractivity contribution is 7.11. The van der Waals surface area contributed by atoms with Crippen molar-refractivity contribution in [1.82, 2.24) is 4.98 Å². The second-order valence-corrected chi connectivity index (χ2v) is 5.05. The van der Waals surface area contributed by atoms with Crippen molar-refractivity contribution in [2.45, 2.75) is 13.5 Å². The molecule has 19 heavy (non-hydrogen) atoms. The van der Waals surface area contributed by atoms with Gasteiger partial charge in [-0.15, -0.1) is 11.3 Å². The highest BCUT2D eigenvalue weighted by Gasteiger charge is 2.21. The Labute approximate surface area is 111 Å². The number of nitro benzene ring substituents is 1. The largest absolute Gasteiger partial charge is 0.370 e. The van der Waals surface area contributed by atoms with Gasteiger partial charge in [0.15, 0.2) is 17.3 Å². The van der Waals surface area contributed by atoms with Crippen LogP contribution in [-0.2, 0) is 6.54 Å². The molecule has 2 rings (SSSR count). The Morgan fingerprint density at radius 1 is 1.47 bits per heavy atom. The molecule has 1 aromatic carbocycles. The number of nitrogens with zero attached hydrogens (tertiary/aromatic N) is 2. The Hall–Kier alpha value is -2.09. The van der Waals surface area contributed by atoms with E-state index in [1.165, 1.54) is 11.3 Å². The van der Waals surface area contributed by atoms with Gasteiger partial charge in [0.2, 0.25) is 0 Å². The monoisotopic (exact) mass is 285 g/mol. The summed E-state index contributed by atoms with van der Waals surface area (Å²) < 4.78 is 26.7. The van der Waals surface area contributed by atoms with E-state index < -0.39 is 27.9 Å². The number of hydrogen-bond acceptors (Lipinski definition) is 5. The SMILES string of the molecule is Cc1cnc(CNc2c([N+](=O)[O-])ccc(F)c2F)s1. The molecule has 0 unspecified atom stereocenters. The molecule has 1 heterocycles. The Morgan fingerprint density at radius 3 is 2.79 bits per heavy atom. The molecule has 0 aliphatic carbocycles. The van der Waals surface area contributed by atoms with Crippen molar-refractivity contribution in [1.29, 1.82) is 0 Å². The van der Waals surface area contributed by atoms with E-state index in [9.17, 15) is 18.9 Å². The molecule has 0 radical (unpaired) electrons. The minimum absolute atomic E-state index is 0.0969. The normalized spacial score (nSPS) is 10.5. The highest BCUT2D eigenvalue weighted by atomic mass is 32.1. The number of anilines is 1. The molecule has 0 spiro atoms. The lowest BCUT2D eigenvalue weighted by atomic mass is 10.2. The fourth-order valence-electron chi connectivity index (χ4n) is 1.51. The van der Waals surface area contributed by atoms with Gasteiger partial charge >= 0.3 is 0 Å². The van der Waals surface area contributed by atoms with Crippen molar-refractivity contribution >= 4 is 22.7 Å². The predicted octanol–water partition coefficient (Wildman–Crippen LogP) is 3.25. The second kappa shape index (κ2) is 5.27. The van der Waals surface area contributed by atoms with Gasteiger partial charge in [-0.2, -0.15) is 0 Å².